The van der Waals surface area contributed by atoms with Gasteiger partial charge in [0.25, 0.3) is 0 Å². The van der Waals surface area contributed by atoms with Crippen LogP contribution >= 0.6 is 0 Å². The largest absolute Gasteiger partial charge is 0.497 e. The lowest BCUT2D eigenvalue weighted by atomic mass is 10.2. The van der Waals surface area contributed by atoms with Gasteiger partial charge in [-0.25, -0.2) is 0 Å². The molecular formula is C14H22N2O3. The summed E-state index contributed by atoms with van der Waals surface area (Å²) >= 11 is 0. The van der Waals surface area contributed by atoms with Crippen LogP contribution < -0.4 is 14.8 Å². The third-order valence-corrected chi connectivity index (χ3v) is 3.23. The molecule has 0 aromatic heterocycles. The van der Waals surface area contributed by atoms with Crippen LogP contribution in [0.3, 0.4) is 0 Å². The molecule has 1 atom stereocenters. The molecule has 1 aromatic carbocycles. The van der Waals surface area contributed by atoms with Crippen LogP contribution in [0, 0.1) is 0 Å². The number of nitrogens with one attached hydrogen (secondary N) is 1. The van der Waals surface area contributed by atoms with Crippen molar-refractivity contribution in [2.24, 2.45) is 0 Å². The fourth-order valence-corrected chi connectivity index (χ4v) is 2.13. The maximum atomic E-state index is 5.72. The van der Waals surface area contributed by atoms with Crippen molar-refractivity contribution in [1.29, 1.82) is 0 Å². The highest BCUT2D eigenvalue weighted by molar-refractivity contribution is 5.53. The molecule has 1 aliphatic heterocycles. The molecule has 0 amide bonds. The number of likely N-dealkylation sites (N-methyl/N-ethyl adjacent to an activating group) is 1. The number of rotatable bonds is 5. The highest BCUT2D eigenvalue weighted by Gasteiger charge is 2.17. The maximum Gasteiger partial charge on any atom is 0.124 e. The van der Waals surface area contributed by atoms with Gasteiger partial charge < -0.3 is 24.4 Å². The molecular weight excluding hydrogens is 244 g/mol. The minimum Gasteiger partial charge on any atom is -0.497 e. The fraction of sp³-hybridized carbons (Fsp3) is 0.571. The van der Waals surface area contributed by atoms with E-state index in [0.717, 1.165) is 43.4 Å². The van der Waals surface area contributed by atoms with E-state index in [1.807, 2.05) is 18.2 Å². The van der Waals surface area contributed by atoms with Crippen LogP contribution in [0.1, 0.15) is 0 Å². The quantitative estimate of drug-likeness (QED) is 0.873. The first-order valence-corrected chi connectivity index (χ1v) is 6.48. The van der Waals surface area contributed by atoms with Gasteiger partial charge in [0.05, 0.1) is 26.9 Å². The van der Waals surface area contributed by atoms with E-state index in [1.165, 1.54) is 0 Å². The Hall–Kier alpha value is -1.46. The molecule has 1 aliphatic rings. The zero-order chi connectivity index (χ0) is 13.7. The summed E-state index contributed by atoms with van der Waals surface area (Å²) < 4.78 is 16.2. The first-order valence-electron chi connectivity index (χ1n) is 6.48. The number of methoxy groups -OCH3 is 2. The Morgan fingerprint density at radius 3 is 2.53 bits per heavy atom. The Morgan fingerprint density at radius 2 is 1.95 bits per heavy atom. The average Bonchev–Trinajstić information content (AvgIpc) is 2.44. The molecule has 0 aliphatic carbocycles. The van der Waals surface area contributed by atoms with Crippen molar-refractivity contribution in [2.75, 3.05) is 52.8 Å². The molecule has 1 fully saturated rings. The van der Waals surface area contributed by atoms with Gasteiger partial charge in [-0.1, -0.05) is 0 Å². The Bertz CT molecular complexity index is 389. The third-order valence-electron chi connectivity index (χ3n) is 3.23. The van der Waals surface area contributed by atoms with Crippen LogP contribution in [0.4, 0.5) is 5.69 Å². The summed E-state index contributed by atoms with van der Waals surface area (Å²) in [5.41, 5.74) is 0.980. The first kappa shape index (κ1) is 14.0. The zero-order valence-electron chi connectivity index (χ0n) is 11.8. The van der Waals surface area contributed by atoms with Crippen LogP contribution in [0.25, 0.3) is 0 Å². The predicted octanol–water partition coefficient (Wildman–Crippen LogP) is 1.45. The van der Waals surface area contributed by atoms with Crippen molar-refractivity contribution in [3.05, 3.63) is 18.2 Å². The van der Waals surface area contributed by atoms with Crippen LogP contribution in [0.15, 0.2) is 18.2 Å². The van der Waals surface area contributed by atoms with Crippen molar-refractivity contribution >= 4 is 5.69 Å². The molecule has 0 spiro atoms. The molecule has 1 N–H and O–H groups in total. The topological polar surface area (TPSA) is 43.0 Å². The number of anilines is 1. The van der Waals surface area contributed by atoms with Gasteiger partial charge in [0.15, 0.2) is 0 Å². The van der Waals surface area contributed by atoms with E-state index in [-0.39, 0.29) is 6.10 Å². The second-order valence-corrected chi connectivity index (χ2v) is 4.74. The lowest BCUT2D eigenvalue weighted by Gasteiger charge is -2.30. The molecule has 0 saturated carbocycles. The summed E-state index contributed by atoms with van der Waals surface area (Å²) in [6.07, 6.45) is 0.218. The van der Waals surface area contributed by atoms with Gasteiger partial charge in [-0.3, -0.25) is 0 Å². The molecule has 1 unspecified atom stereocenters. The van der Waals surface area contributed by atoms with Crippen molar-refractivity contribution in [3.63, 3.8) is 0 Å². The molecule has 106 valence electrons. The summed E-state index contributed by atoms with van der Waals surface area (Å²) in [5.74, 6) is 1.56. The number of morpholine rings is 1. The summed E-state index contributed by atoms with van der Waals surface area (Å²) in [4.78, 5) is 2.28. The van der Waals surface area contributed by atoms with Gasteiger partial charge in [0.1, 0.15) is 11.5 Å². The van der Waals surface area contributed by atoms with Crippen molar-refractivity contribution in [2.45, 2.75) is 6.10 Å². The van der Waals surface area contributed by atoms with Crippen molar-refractivity contribution < 1.29 is 14.2 Å². The standard InChI is InChI=1S/C14H22N2O3/c1-16-4-5-19-14(10-16)9-15-11-6-12(17-2)8-13(7-11)18-3/h6-8,14-15H,4-5,9-10H2,1-3H3. The molecule has 5 nitrogen and oxygen atoms in total. The summed E-state index contributed by atoms with van der Waals surface area (Å²) in [7, 11) is 5.42. The fourth-order valence-electron chi connectivity index (χ4n) is 2.13. The summed E-state index contributed by atoms with van der Waals surface area (Å²) in [6, 6.07) is 5.76. The summed E-state index contributed by atoms with van der Waals surface area (Å²) in [6.45, 7) is 3.53. The lowest BCUT2D eigenvalue weighted by Crippen LogP contribution is -2.43. The summed E-state index contributed by atoms with van der Waals surface area (Å²) in [5, 5.41) is 3.37. The van der Waals surface area contributed by atoms with Crippen molar-refractivity contribution in [3.8, 4) is 11.5 Å². The second-order valence-electron chi connectivity index (χ2n) is 4.74. The smallest absolute Gasteiger partial charge is 0.124 e. The van der Waals surface area contributed by atoms with Crippen molar-refractivity contribution in [1.82, 2.24) is 4.90 Å². The Morgan fingerprint density at radius 1 is 1.26 bits per heavy atom. The highest BCUT2D eigenvalue weighted by Crippen LogP contribution is 2.25. The van der Waals surface area contributed by atoms with Gasteiger partial charge >= 0.3 is 0 Å². The van der Waals surface area contributed by atoms with E-state index in [9.17, 15) is 0 Å². The van der Waals surface area contributed by atoms with Crippen LogP contribution in [-0.4, -0.2) is 58.5 Å². The minimum absolute atomic E-state index is 0.218. The minimum atomic E-state index is 0.218. The molecule has 0 radical (unpaired) electrons. The lowest BCUT2D eigenvalue weighted by molar-refractivity contribution is -0.0117. The van der Waals surface area contributed by atoms with Gasteiger partial charge in [0, 0.05) is 43.5 Å². The third kappa shape index (κ3) is 4.01. The number of ether oxygens (including phenoxy) is 3. The Kier molecular flexibility index (Phi) is 4.87. The predicted molar refractivity (Wildman–Crippen MR) is 75.3 cm³/mol. The first-order chi connectivity index (χ1) is 9.21. The van der Waals surface area contributed by atoms with Gasteiger partial charge in [0.2, 0.25) is 0 Å². The molecule has 0 bridgehead atoms. The number of benzene rings is 1. The molecule has 19 heavy (non-hydrogen) atoms. The molecule has 5 heteroatoms. The zero-order valence-corrected chi connectivity index (χ0v) is 11.8. The molecule has 1 heterocycles. The monoisotopic (exact) mass is 266 g/mol. The van der Waals surface area contributed by atoms with Gasteiger partial charge in [-0.05, 0) is 7.05 Å². The van der Waals surface area contributed by atoms with E-state index in [0.29, 0.717) is 0 Å². The number of nitrogens with zero attached hydrogens (tertiary/aromatic N) is 1. The normalized spacial score (nSPS) is 20.1. The highest BCUT2D eigenvalue weighted by atomic mass is 16.5. The van der Waals surface area contributed by atoms with E-state index in [4.69, 9.17) is 14.2 Å². The average molecular weight is 266 g/mol. The second kappa shape index (κ2) is 6.63. The van der Waals surface area contributed by atoms with E-state index >= 15 is 0 Å². The van der Waals surface area contributed by atoms with Gasteiger partial charge in [-0.2, -0.15) is 0 Å². The maximum absolute atomic E-state index is 5.72. The van der Waals surface area contributed by atoms with E-state index < -0.39 is 0 Å². The van der Waals surface area contributed by atoms with Gasteiger partial charge in [-0.15, -0.1) is 0 Å². The van der Waals surface area contributed by atoms with Crippen LogP contribution in [-0.2, 0) is 4.74 Å². The molecule has 2 rings (SSSR count). The Balaban J connectivity index is 1.94. The van der Waals surface area contributed by atoms with E-state index in [1.54, 1.807) is 14.2 Å². The van der Waals surface area contributed by atoms with Crippen LogP contribution in [0.5, 0.6) is 11.5 Å². The SMILES string of the molecule is COc1cc(NCC2CN(C)CCO2)cc(OC)c1. The molecule has 1 saturated heterocycles. The van der Waals surface area contributed by atoms with E-state index in [2.05, 4.69) is 17.3 Å². The number of hydrogen-bond donors (Lipinski definition) is 1. The Labute approximate surface area is 114 Å². The number of hydrogen-bond acceptors (Lipinski definition) is 5. The van der Waals surface area contributed by atoms with Crippen LogP contribution in [0.2, 0.25) is 0 Å². The molecule has 1 aromatic rings.